The van der Waals surface area contributed by atoms with E-state index < -0.39 is 6.10 Å². The monoisotopic (exact) mass is 629 g/mol. The van der Waals surface area contributed by atoms with Crippen molar-refractivity contribution in [3.05, 3.63) is 95.6 Å². The second-order valence-electron chi connectivity index (χ2n) is 13.1. The van der Waals surface area contributed by atoms with E-state index in [0.29, 0.717) is 43.3 Å². The highest BCUT2D eigenvalue weighted by atomic mass is 32.1. The third-order valence-corrected chi connectivity index (χ3v) is 9.24. The highest BCUT2D eigenvalue weighted by molar-refractivity contribution is 7.80. The summed E-state index contributed by atoms with van der Waals surface area (Å²) in [6.45, 7) is 13.1. The molecule has 0 radical (unpaired) electrons. The third-order valence-electron chi connectivity index (χ3n) is 8.80. The van der Waals surface area contributed by atoms with Crippen molar-refractivity contribution in [3.63, 3.8) is 0 Å². The molecule has 3 aromatic rings. The lowest BCUT2D eigenvalue weighted by Gasteiger charge is -2.29. The van der Waals surface area contributed by atoms with Gasteiger partial charge in [-0.1, -0.05) is 75.4 Å². The quantitative estimate of drug-likeness (QED) is 0.187. The van der Waals surface area contributed by atoms with Crippen LogP contribution in [0.15, 0.2) is 78.9 Å². The molecule has 1 aliphatic heterocycles. The molecule has 5 rings (SSSR count). The molecule has 2 unspecified atom stereocenters. The molecule has 45 heavy (non-hydrogen) atoms. The van der Waals surface area contributed by atoms with Gasteiger partial charge in [-0.25, -0.2) is 4.79 Å². The van der Waals surface area contributed by atoms with Crippen LogP contribution in [0.5, 0.6) is 11.5 Å². The normalized spacial score (nSPS) is 19.7. The molecule has 1 saturated carbocycles. The smallest absolute Gasteiger partial charge is 0.347 e. The zero-order chi connectivity index (χ0) is 32.0. The van der Waals surface area contributed by atoms with Crippen molar-refractivity contribution in [1.82, 2.24) is 15.1 Å². The SMILES string of the molecule is CCOC(=O)[C@H](Cc1ccc(OCCN(C(=S)NC)C2C3CN(Cc4ccccc4)C[C@H]32)cc1)Oc1ccc(C(C)(C)C)cc1. The van der Waals surface area contributed by atoms with Crippen LogP contribution in [0.25, 0.3) is 0 Å². The van der Waals surface area contributed by atoms with Gasteiger partial charge in [-0.2, -0.15) is 0 Å². The predicted octanol–water partition coefficient (Wildman–Crippen LogP) is 5.85. The van der Waals surface area contributed by atoms with E-state index in [0.717, 1.165) is 42.6 Å². The molecule has 240 valence electrons. The van der Waals surface area contributed by atoms with Gasteiger partial charge in [0.1, 0.15) is 18.1 Å². The molecule has 2 aliphatic rings. The molecular formula is C37H47N3O4S. The van der Waals surface area contributed by atoms with E-state index in [-0.39, 0.29) is 11.4 Å². The van der Waals surface area contributed by atoms with E-state index in [4.69, 9.17) is 26.4 Å². The van der Waals surface area contributed by atoms with Crippen LogP contribution in [0.2, 0.25) is 0 Å². The molecule has 1 N–H and O–H groups in total. The minimum absolute atomic E-state index is 0.0431. The van der Waals surface area contributed by atoms with E-state index >= 15 is 0 Å². The Hall–Kier alpha value is -3.62. The van der Waals surface area contributed by atoms with E-state index in [9.17, 15) is 4.79 Å². The number of esters is 1. The Bertz CT molecular complexity index is 1400. The maximum atomic E-state index is 12.8. The third kappa shape index (κ3) is 8.56. The van der Waals surface area contributed by atoms with Gasteiger partial charge < -0.3 is 24.4 Å². The molecule has 0 bridgehead atoms. The molecule has 0 amide bonds. The molecule has 8 heteroatoms. The van der Waals surface area contributed by atoms with Gasteiger partial charge in [-0.15, -0.1) is 0 Å². The van der Waals surface area contributed by atoms with Gasteiger partial charge >= 0.3 is 5.97 Å². The van der Waals surface area contributed by atoms with E-state index in [1.54, 1.807) is 6.92 Å². The fourth-order valence-corrected chi connectivity index (χ4v) is 6.56. The van der Waals surface area contributed by atoms with Crippen molar-refractivity contribution in [2.45, 2.75) is 58.2 Å². The Labute approximate surface area is 273 Å². The maximum Gasteiger partial charge on any atom is 0.347 e. The molecule has 0 spiro atoms. The average molecular weight is 630 g/mol. The van der Waals surface area contributed by atoms with Crippen molar-refractivity contribution in [1.29, 1.82) is 0 Å². The minimum atomic E-state index is -0.741. The van der Waals surface area contributed by atoms with Gasteiger partial charge in [0.2, 0.25) is 0 Å². The highest BCUT2D eigenvalue weighted by Crippen LogP contribution is 2.49. The van der Waals surface area contributed by atoms with Crippen LogP contribution in [0, 0.1) is 11.8 Å². The number of likely N-dealkylation sites (tertiary alicyclic amines) is 1. The van der Waals surface area contributed by atoms with Gasteiger partial charge in [0.15, 0.2) is 11.2 Å². The summed E-state index contributed by atoms with van der Waals surface area (Å²) in [7, 11) is 1.89. The largest absolute Gasteiger partial charge is 0.492 e. The summed E-state index contributed by atoms with van der Waals surface area (Å²) in [6, 6.07) is 26.9. The number of hydrogen-bond donors (Lipinski definition) is 1. The lowest BCUT2D eigenvalue weighted by molar-refractivity contribution is -0.151. The number of benzene rings is 3. The van der Waals surface area contributed by atoms with Crippen LogP contribution >= 0.6 is 12.2 Å². The molecule has 0 aromatic heterocycles. The van der Waals surface area contributed by atoms with Gasteiger partial charge in [0, 0.05) is 39.1 Å². The minimum Gasteiger partial charge on any atom is -0.492 e. The number of rotatable bonds is 13. The zero-order valence-corrected chi connectivity index (χ0v) is 28.0. The number of carbonyl (C=O) groups excluding carboxylic acids is 1. The first-order valence-electron chi connectivity index (χ1n) is 16.1. The molecular weight excluding hydrogens is 582 g/mol. The summed E-state index contributed by atoms with van der Waals surface area (Å²) < 4.78 is 17.6. The molecule has 1 saturated heterocycles. The number of thiocarbonyl (C=S) groups is 1. The Morgan fingerprint density at radius 2 is 1.60 bits per heavy atom. The second kappa shape index (κ2) is 14.6. The molecule has 4 atom stereocenters. The number of fused-ring (bicyclic) bond motifs is 1. The highest BCUT2D eigenvalue weighted by Gasteiger charge is 2.58. The topological polar surface area (TPSA) is 63.3 Å². The molecule has 7 nitrogen and oxygen atoms in total. The van der Waals surface area contributed by atoms with Crippen LogP contribution in [-0.4, -0.2) is 72.9 Å². The summed E-state index contributed by atoms with van der Waals surface area (Å²) in [5.41, 5.74) is 3.59. The standard InChI is InChI=1S/C37H47N3O4S/c1-6-42-35(41)33(44-30-18-14-28(15-19-30)37(2,3)4)22-26-12-16-29(17-13-26)43-21-20-40(36(45)38-5)34-31-24-39(25-32(31)34)23-27-10-8-7-9-11-27/h7-19,31-34H,6,20-25H2,1-5H3,(H,38,45)/t31-,32?,33+,34?/m1/s1. The summed E-state index contributed by atoms with van der Waals surface area (Å²) in [5.74, 6) is 2.35. The maximum absolute atomic E-state index is 12.8. The lowest BCUT2D eigenvalue weighted by Crippen LogP contribution is -2.45. The average Bonchev–Trinajstić information content (AvgIpc) is 3.51. The molecule has 1 heterocycles. The molecule has 2 fully saturated rings. The molecule has 1 aliphatic carbocycles. The predicted molar refractivity (Wildman–Crippen MR) is 183 cm³/mol. The van der Waals surface area contributed by atoms with Crippen LogP contribution in [-0.2, 0) is 27.9 Å². The Kier molecular flexibility index (Phi) is 10.7. The number of carbonyl (C=O) groups is 1. The summed E-state index contributed by atoms with van der Waals surface area (Å²) in [6.07, 6.45) is -0.342. The lowest BCUT2D eigenvalue weighted by atomic mass is 9.87. The van der Waals surface area contributed by atoms with Crippen molar-refractivity contribution in [2.75, 3.05) is 39.9 Å². The van der Waals surface area contributed by atoms with Gasteiger partial charge in [0.05, 0.1) is 13.2 Å². The van der Waals surface area contributed by atoms with Crippen molar-refractivity contribution >= 4 is 23.3 Å². The first-order chi connectivity index (χ1) is 21.7. The fourth-order valence-electron chi connectivity index (χ4n) is 6.35. The van der Waals surface area contributed by atoms with E-state index in [1.807, 2.05) is 55.6 Å². The Balaban J connectivity index is 1.12. The molecule has 3 aromatic carbocycles. The number of ether oxygens (including phenoxy) is 3. The van der Waals surface area contributed by atoms with E-state index in [2.05, 4.69) is 66.2 Å². The van der Waals surface area contributed by atoms with Crippen LogP contribution in [0.1, 0.15) is 44.4 Å². The number of nitrogens with one attached hydrogen (secondary N) is 1. The Morgan fingerprint density at radius 3 is 2.20 bits per heavy atom. The summed E-state index contributed by atoms with van der Waals surface area (Å²) >= 11 is 5.70. The van der Waals surface area contributed by atoms with Crippen LogP contribution < -0.4 is 14.8 Å². The Morgan fingerprint density at radius 1 is 0.956 bits per heavy atom. The fraction of sp³-hybridized carbons (Fsp3) is 0.459. The van der Waals surface area contributed by atoms with Crippen LogP contribution in [0.4, 0.5) is 0 Å². The van der Waals surface area contributed by atoms with Gasteiger partial charge in [-0.3, -0.25) is 4.90 Å². The zero-order valence-electron chi connectivity index (χ0n) is 27.2. The number of nitrogens with zero attached hydrogens (tertiary/aromatic N) is 2. The van der Waals surface area contributed by atoms with E-state index in [1.165, 1.54) is 11.1 Å². The summed E-state index contributed by atoms with van der Waals surface area (Å²) in [5, 5.41) is 3.96. The summed E-state index contributed by atoms with van der Waals surface area (Å²) in [4.78, 5) is 17.6. The number of piperidine rings is 1. The number of hydrogen-bond acceptors (Lipinski definition) is 6. The van der Waals surface area contributed by atoms with Gasteiger partial charge in [0.25, 0.3) is 0 Å². The van der Waals surface area contributed by atoms with Crippen molar-refractivity contribution in [3.8, 4) is 11.5 Å². The van der Waals surface area contributed by atoms with Gasteiger partial charge in [-0.05, 0) is 77.3 Å². The second-order valence-corrected chi connectivity index (χ2v) is 13.5. The van der Waals surface area contributed by atoms with Crippen molar-refractivity contribution < 1.29 is 19.0 Å². The first-order valence-corrected chi connectivity index (χ1v) is 16.5. The first kappa shape index (κ1) is 32.8. The van der Waals surface area contributed by atoms with Crippen LogP contribution in [0.3, 0.4) is 0 Å². The van der Waals surface area contributed by atoms with Crippen molar-refractivity contribution in [2.24, 2.45) is 11.8 Å².